The van der Waals surface area contributed by atoms with Crippen molar-refractivity contribution in [3.63, 3.8) is 0 Å². The van der Waals surface area contributed by atoms with Crippen molar-refractivity contribution in [3.05, 3.63) is 54.4 Å². The van der Waals surface area contributed by atoms with Gasteiger partial charge in [0.15, 0.2) is 12.4 Å². The maximum Gasteiger partial charge on any atom is 0.261 e. The molecule has 0 aliphatic carbocycles. The first-order valence-electron chi connectivity index (χ1n) is 5.60. The molecule has 2 aromatic rings. The molecular formula is C14H15IN2O2. The maximum absolute atomic E-state index is 12.0. The number of nitrogens with one attached hydrogen (secondary N) is 1. The Balaban J connectivity index is 0.00000180. The molecule has 1 aromatic heterocycles. The molecule has 1 heterocycles. The Kier molecular flexibility index (Phi) is 5.75. The van der Waals surface area contributed by atoms with Crippen molar-refractivity contribution >= 4 is 11.6 Å². The van der Waals surface area contributed by atoms with Crippen molar-refractivity contribution in [2.75, 3.05) is 12.4 Å². The van der Waals surface area contributed by atoms with Crippen LogP contribution in [0.4, 0.5) is 5.69 Å². The van der Waals surface area contributed by atoms with Gasteiger partial charge in [-0.3, -0.25) is 4.79 Å². The number of carbonyl (C=O) groups excluding carboxylic acids is 1. The number of aryl methyl sites for hydroxylation is 1. The molecule has 19 heavy (non-hydrogen) atoms. The average molecular weight is 370 g/mol. The second-order valence-electron chi connectivity index (χ2n) is 3.94. The lowest BCUT2D eigenvalue weighted by atomic mass is 10.2. The fourth-order valence-electron chi connectivity index (χ4n) is 1.63. The van der Waals surface area contributed by atoms with Crippen LogP contribution in [0.15, 0.2) is 48.8 Å². The minimum atomic E-state index is -0.139. The minimum Gasteiger partial charge on any atom is -1.00 e. The molecule has 0 radical (unpaired) electrons. The second-order valence-corrected chi connectivity index (χ2v) is 3.94. The van der Waals surface area contributed by atoms with Gasteiger partial charge in [0.1, 0.15) is 18.4 Å². The molecule has 0 atom stereocenters. The zero-order valence-corrected chi connectivity index (χ0v) is 12.9. The van der Waals surface area contributed by atoms with E-state index >= 15 is 0 Å². The summed E-state index contributed by atoms with van der Waals surface area (Å²) in [7, 11) is 3.47. The SMILES string of the molecule is COc1cccc(NC(=O)c2ccc[n+](C)c2)c1.[I-]. The molecule has 100 valence electrons. The van der Waals surface area contributed by atoms with E-state index in [-0.39, 0.29) is 29.9 Å². The fourth-order valence-corrected chi connectivity index (χ4v) is 1.63. The van der Waals surface area contributed by atoms with Crippen LogP contribution in [0.25, 0.3) is 0 Å². The third kappa shape index (κ3) is 4.20. The fraction of sp³-hybridized carbons (Fsp3) is 0.143. The number of amides is 1. The highest BCUT2D eigenvalue weighted by Crippen LogP contribution is 2.17. The minimum absolute atomic E-state index is 0. The number of rotatable bonds is 3. The van der Waals surface area contributed by atoms with Gasteiger partial charge in [-0.1, -0.05) is 6.07 Å². The van der Waals surface area contributed by atoms with E-state index in [0.717, 1.165) is 0 Å². The first-order valence-corrected chi connectivity index (χ1v) is 5.60. The number of hydrogen-bond donors (Lipinski definition) is 1. The van der Waals surface area contributed by atoms with E-state index in [1.807, 2.05) is 42.1 Å². The van der Waals surface area contributed by atoms with Gasteiger partial charge in [-0.2, -0.15) is 0 Å². The van der Waals surface area contributed by atoms with Crippen molar-refractivity contribution in [2.45, 2.75) is 0 Å². The molecule has 0 saturated heterocycles. The Bertz CT molecular complexity index is 573. The van der Waals surface area contributed by atoms with Crippen LogP contribution in [0.2, 0.25) is 0 Å². The van der Waals surface area contributed by atoms with Gasteiger partial charge in [-0.15, -0.1) is 0 Å². The number of methoxy groups -OCH3 is 1. The van der Waals surface area contributed by atoms with Gasteiger partial charge in [0, 0.05) is 17.8 Å². The van der Waals surface area contributed by atoms with Crippen molar-refractivity contribution in [1.29, 1.82) is 0 Å². The topological polar surface area (TPSA) is 42.2 Å². The molecule has 4 nitrogen and oxygen atoms in total. The van der Waals surface area contributed by atoms with E-state index in [2.05, 4.69) is 5.32 Å². The quantitative estimate of drug-likeness (QED) is 0.544. The summed E-state index contributed by atoms with van der Waals surface area (Å²) in [4.78, 5) is 12.0. The molecule has 1 aromatic carbocycles. The van der Waals surface area contributed by atoms with Crippen LogP contribution in [-0.2, 0) is 7.05 Å². The maximum atomic E-state index is 12.0. The lowest BCUT2D eigenvalue weighted by Crippen LogP contribution is -3.00. The van der Waals surface area contributed by atoms with Gasteiger partial charge < -0.3 is 34.0 Å². The molecule has 0 fully saturated rings. The Morgan fingerprint density at radius 1 is 1.26 bits per heavy atom. The van der Waals surface area contributed by atoms with Crippen LogP contribution in [0.5, 0.6) is 5.75 Å². The van der Waals surface area contributed by atoms with Gasteiger partial charge in [0.2, 0.25) is 0 Å². The molecule has 0 spiro atoms. The highest BCUT2D eigenvalue weighted by molar-refractivity contribution is 6.03. The van der Waals surface area contributed by atoms with E-state index in [4.69, 9.17) is 4.74 Å². The normalized spacial score (nSPS) is 9.37. The number of pyridine rings is 1. The molecule has 0 bridgehead atoms. The molecule has 0 aliphatic rings. The smallest absolute Gasteiger partial charge is 0.261 e. The van der Waals surface area contributed by atoms with E-state index in [1.54, 1.807) is 25.4 Å². The van der Waals surface area contributed by atoms with E-state index in [0.29, 0.717) is 17.0 Å². The number of benzene rings is 1. The van der Waals surface area contributed by atoms with Crippen LogP contribution >= 0.6 is 0 Å². The Morgan fingerprint density at radius 2 is 2.05 bits per heavy atom. The monoisotopic (exact) mass is 370 g/mol. The predicted octanol–water partition coefficient (Wildman–Crippen LogP) is -1.22. The summed E-state index contributed by atoms with van der Waals surface area (Å²) >= 11 is 0. The number of carbonyl (C=O) groups is 1. The zero-order chi connectivity index (χ0) is 13.0. The summed E-state index contributed by atoms with van der Waals surface area (Å²) in [5, 5.41) is 2.83. The third-order valence-corrected chi connectivity index (χ3v) is 2.53. The first kappa shape index (κ1) is 15.4. The van der Waals surface area contributed by atoms with Gasteiger partial charge in [-0.05, 0) is 18.2 Å². The Morgan fingerprint density at radius 3 is 2.74 bits per heavy atom. The summed E-state index contributed by atoms with van der Waals surface area (Å²) in [6, 6.07) is 10.9. The number of aromatic nitrogens is 1. The lowest BCUT2D eigenvalue weighted by molar-refractivity contribution is -0.671. The summed E-state index contributed by atoms with van der Waals surface area (Å²) in [5.74, 6) is 0.575. The van der Waals surface area contributed by atoms with Gasteiger partial charge >= 0.3 is 0 Å². The van der Waals surface area contributed by atoms with Gasteiger partial charge in [0.05, 0.1) is 7.11 Å². The molecule has 0 saturated carbocycles. The Labute approximate surface area is 129 Å². The van der Waals surface area contributed by atoms with Crippen LogP contribution in [0.1, 0.15) is 10.4 Å². The lowest BCUT2D eigenvalue weighted by Gasteiger charge is -2.06. The van der Waals surface area contributed by atoms with Crippen molar-refractivity contribution < 1.29 is 38.1 Å². The molecule has 1 amide bonds. The van der Waals surface area contributed by atoms with Gasteiger partial charge in [0.25, 0.3) is 5.91 Å². The molecule has 1 N–H and O–H groups in total. The molecule has 0 aliphatic heterocycles. The van der Waals surface area contributed by atoms with E-state index < -0.39 is 0 Å². The van der Waals surface area contributed by atoms with Crippen LogP contribution in [-0.4, -0.2) is 13.0 Å². The van der Waals surface area contributed by atoms with Crippen molar-refractivity contribution in [2.24, 2.45) is 7.05 Å². The third-order valence-electron chi connectivity index (χ3n) is 2.53. The largest absolute Gasteiger partial charge is 1.00 e. The second kappa shape index (κ2) is 7.08. The van der Waals surface area contributed by atoms with Gasteiger partial charge in [-0.25, -0.2) is 4.57 Å². The number of nitrogens with zero attached hydrogens (tertiary/aromatic N) is 1. The molecular weight excluding hydrogens is 355 g/mol. The van der Waals surface area contributed by atoms with Crippen molar-refractivity contribution in [1.82, 2.24) is 0 Å². The molecule has 2 rings (SSSR count). The predicted molar refractivity (Wildman–Crippen MR) is 68.6 cm³/mol. The number of hydrogen-bond acceptors (Lipinski definition) is 2. The zero-order valence-electron chi connectivity index (χ0n) is 10.8. The average Bonchev–Trinajstić information content (AvgIpc) is 2.39. The highest BCUT2D eigenvalue weighted by Gasteiger charge is 2.09. The van der Waals surface area contributed by atoms with E-state index in [1.165, 1.54) is 0 Å². The first-order chi connectivity index (χ1) is 8.69. The van der Waals surface area contributed by atoms with Crippen LogP contribution in [0.3, 0.4) is 0 Å². The summed E-state index contributed by atoms with van der Waals surface area (Å²) in [6.45, 7) is 0. The standard InChI is InChI=1S/C14H14N2O2.HI/c1-16-8-4-5-11(10-16)14(17)15-12-6-3-7-13(9-12)18-2;/h3-10H,1-2H3;1H. The van der Waals surface area contributed by atoms with Crippen LogP contribution < -0.4 is 38.6 Å². The summed E-state index contributed by atoms with van der Waals surface area (Å²) in [6.07, 6.45) is 3.65. The molecule has 5 heteroatoms. The summed E-state index contributed by atoms with van der Waals surface area (Å²) in [5.41, 5.74) is 1.33. The summed E-state index contributed by atoms with van der Waals surface area (Å²) < 4.78 is 6.94. The number of halogens is 1. The molecule has 0 unspecified atom stereocenters. The number of anilines is 1. The number of ether oxygens (including phenoxy) is 1. The highest BCUT2D eigenvalue weighted by atomic mass is 127. The van der Waals surface area contributed by atoms with E-state index in [9.17, 15) is 4.79 Å². The Hall–Kier alpha value is -1.63. The van der Waals surface area contributed by atoms with Crippen molar-refractivity contribution in [3.8, 4) is 5.75 Å². The van der Waals surface area contributed by atoms with Crippen LogP contribution in [0, 0.1) is 0 Å².